The summed E-state index contributed by atoms with van der Waals surface area (Å²) in [6, 6.07) is 10.5. The van der Waals surface area contributed by atoms with E-state index >= 15 is 0 Å². The van der Waals surface area contributed by atoms with Crippen LogP contribution in [0.1, 0.15) is 26.3 Å². The van der Waals surface area contributed by atoms with E-state index in [1.54, 1.807) is 0 Å². The Bertz CT molecular complexity index is 395. The van der Waals surface area contributed by atoms with Gasteiger partial charge in [0.2, 0.25) is 0 Å². The third-order valence-electron chi connectivity index (χ3n) is 3.79. The van der Waals surface area contributed by atoms with Crippen LogP contribution in [0.25, 0.3) is 6.08 Å². The summed E-state index contributed by atoms with van der Waals surface area (Å²) in [5.41, 5.74) is 1.60. The first kappa shape index (κ1) is 14.3. The van der Waals surface area contributed by atoms with Gasteiger partial charge in [0.1, 0.15) is 0 Å². The van der Waals surface area contributed by atoms with Crippen molar-refractivity contribution in [3.05, 3.63) is 42.0 Å². The van der Waals surface area contributed by atoms with E-state index in [4.69, 9.17) is 0 Å². The number of hydrogen-bond donors (Lipinski definition) is 0. The minimum atomic E-state index is 0.311. The predicted molar refractivity (Wildman–Crippen MR) is 83.2 cm³/mol. The lowest BCUT2D eigenvalue weighted by molar-refractivity contribution is 0.0675. The monoisotopic (exact) mass is 258 g/mol. The van der Waals surface area contributed by atoms with E-state index in [1.165, 1.54) is 31.7 Å². The topological polar surface area (TPSA) is 6.48 Å². The molecule has 0 radical (unpaired) electrons. The molecule has 1 heterocycles. The molecule has 2 rings (SSSR count). The molecule has 0 N–H and O–H groups in total. The summed E-state index contributed by atoms with van der Waals surface area (Å²) in [5.74, 6) is 0. The molecule has 104 valence electrons. The van der Waals surface area contributed by atoms with Gasteiger partial charge in [0, 0.05) is 38.3 Å². The molecule has 0 aromatic heterocycles. The molecule has 0 spiro atoms. The number of hydrogen-bond acceptors (Lipinski definition) is 2. The van der Waals surface area contributed by atoms with Crippen LogP contribution in [0.2, 0.25) is 0 Å². The molecule has 1 fully saturated rings. The van der Waals surface area contributed by atoms with Gasteiger partial charge in [-0.05, 0) is 26.3 Å². The molecule has 1 aromatic rings. The molecule has 0 unspecified atom stereocenters. The van der Waals surface area contributed by atoms with Gasteiger partial charge >= 0.3 is 0 Å². The van der Waals surface area contributed by atoms with Crippen molar-refractivity contribution in [1.82, 2.24) is 9.80 Å². The van der Waals surface area contributed by atoms with Crippen molar-refractivity contribution in [3.8, 4) is 0 Å². The molecule has 1 aliphatic heterocycles. The number of piperazine rings is 1. The Morgan fingerprint density at radius 1 is 1.00 bits per heavy atom. The van der Waals surface area contributed by atoms with Crippen LogP contribution in [-0.2, 0) is 0 Å². The lowest BCUT2D eigenvalue weighted by Gasteiger charge is -2.42. The van der Waals surface area contributed by atoms with Gasteiger partial charge in [-0.25, -0.2) is 0 Å². The predicted octanol–water partition coefficient (Wildman–Crippen LogP) is 3.12. The van der Waals surface area contributed by atoms with Crippen LogP contribution in [-0.4, -0.2) is 48.1 Å². The first-order valence-corrected chi connectivity index (χ1v) is 7.25. The molecule has 19 heavy (non-hydrogen) atoms. The van der Waals surface area contributed by atoms with Crippen LogP contribution in [0.4, 0.5) is 0 Å². The molecule has 2 heteroatoms. The Morgan fingerprint density at radius 2 is 1.63 bits per heavy atom. The highest BCUT2D eigenvalue weighted by atomic mass is 15.3. The zero-order valence-corrected chi connectivity index (χ0v) is 12.5. The zero-order chi connectivity index (χ0) is 13.7. The van der Waals surface area contributed by atoms with Crippen molar-refractivity contribution >= 4 is 6.08 Å². The molecular formula is C17H26N2. The summed E-state index contributed by atoms with van der Waals surface area (Å²) >= 11 is 0. The Labute approximate surface area is 117 Å². The second-order valence-electron chi connectivity index (χ2n) is 6.27. The molecule has 0 aliphatic carbocycles. The number of nitrogens with zero attached hydrogens (tertiary/aromatic N) is 2. The molecular weight excluding hydrogens is 232 g/mol. The fourth-order valence-electron chi connectivity index (χ4n) is 2.50. The van der Waals surface area contributed by atoms with E-state index < -0.39 is 0 Å². The molecule has 0 atom stereocenters. The highest BCUT2D eigenvalue weighted by Crippen LogP contribution is 2.15. The van der Waals surface area contributed by atoms with Crippen molar-refractivity contribution in [2.75, 3.05) is 32.7 Å². The smallest absolute Gasteiger partial charge is 0.0167 e. The van der Waals surface area contributed by atoms with Crippen molar-refractivity contribution < 1.29 is 0 Å². The van der Waals surface area contributed by atoms with Gasteiger partial charge in [0.15, 0.2) is 0 Å². The van der Waals surface area contributed by atoms with E-state index in [2.05, 4.69) is 73.1 Å². The van der Waals surface area contributed by atoms with E-state index in [1.807, 2.05) is 0 Å². The molecule has 2 nitrogen and oxygen atoms in total. The minimum absolute atomic E-state index is 0.311. The highest BCUT2D eigenvalue weighted by molar-refractivity contribution is 5.48. The Kier molecular flexibility index (Phi) is 4.78. The number of rotatable bonds is 3. The summed E-state index contributed by atoms with van der Waals surface area (Å²) in [6.45, 7) is 12.7. The van der Waals surface area contributed by atoms with Crippen LogP contribution in [0.5, 0.6) is 0 Å². The first-order chi connectivity index (χ1) is 9.05. The standard InChI is InChI=1S/C17H26N2/c1-17(2,3)19-14-12-18(13-15-19)11-7-10-16-8-5-4-6-9-16/h4-10H,11-15H2,1-3H3/b10-7+. The summed E-state index contributed by atoms with van der Waals surface area (Å²) in [7, 11) is 0. The third-order valence-corrected chi connectivity index (χ3v) is 3.79. The van der Waals surface area contributed by atoms with Crippen molar-refractivity contribution in [2.24, 2.45) is 0 Å². The summed E-state index contributed by atoms with van der Waals surface area (Å²) in [4.78, 5) is 5.10. The summed E-state index contributed by atoms with van der Waals surface area (Å²) in [5, 5.41) is 0. The maximum absolute atomic E-state index is 2.57. The van der Waals surface area contributed by atoms with Gasteiger partial charge in [0.05, 0.1) is 0 Å². The quantitative estimate of drug-likeness (QED) is 0.822. The maximum atomic E-state index is 2.57. The summed E-state index contributed by atoms with van der Waals surface area (Å²) < 4.78 is 0. The molecule has 1 aromatic carbocycles. The van der Waals surface area contributed by atoms with Gasteiger partial charge in [0.25, 0.3) is 0 Å². The van der Waals surface area contributed by atoms with Gasteiger partial charge in [-0.3, -0.25) is 9.80 Å². The van der Waals surface area contributed by atoms with Crippen molar-refractivity contribution in [1.29, 1.82) is 0 Å². The van der Waals surface area contributed by atoms with Gasteiger partial charge < -0.3 is 0 Å². The van der Waals surface area contributed by atoms with E-state index in [9.17, 15) is 0 Å². The second-order valence-corrected chi connectivity index (χ2v) is 6.27. The van der Waals surface area contributed by atoms with Gasteiger partial charge in [-0.15, -0.1) is 0 Å². The fourth-order valence-corrected chi connectivity index (χ4v) is 2.50. The first-order valence-electron chi connectivity index (χ1n) is 7.25. The molecule has 1 saturated heterocycles. The van der Waals surface area contributed by atoms with Gasteiger partial charge in [-0.1, -0.05) is 42.5 Å². The van der Waals surface area contributed by atoms with E-state index in [0.717, 1.165) is 6.54 Å². The maximum Gasteiger partial charge on any atom is 0.0167 e. The Balaban J connectivity index is 1.76. The lowest BCUT2D eigenvalue weighted by atomic mass is 10.1. The second kappa shape index (κ2) is 6.36. The van der Waals surface area contributed by atoms with Crippen LogP contribution in [0.15, 0.2) is 36.4 Å². The highest BCUT2D eigenvalue weighted by Gasteiger charge is 2.24. The average Bonchev–Trinajstić information content (AvgIpc) is 2.39. The van der Waals surface area contributed by atoms with Crippen LogP contribution in [0, 0.1) is 0 Å². The molecule has 0 amide bonds. The Morgan fingerprint density at radius 3 is 2.21 bits per heavy atom. The average molecular weight is 258 g/mol. The lowest BCUT2D eigenvalue weighted by Crippen LogP contribution is -2.53. The molecule has 1 aliphatic rings. The molecule has 0 bridgehead atoms. The van der Waals surface area contributed by atoms with Gasteiger partial charge in [-0.2, -0.15) is 0 Å². The summed E-state index contributed by atoms with van der Waals surface area (Å²) in [6.07, 6.45) is 4.50. The van der Waals surface area contributed by atoms with Crippen LogP contribution >= 0.6 is 0 Å². The van der Waals surface area contributed by atoms with E-state index in [-0.39, 0.29) is 0 Å². The number of benzene rings is 1. The SMILES string of the molecule is CC(C)(C)N1CCN(C/C=C/c2ccccc2)CC1. The van der Waals surface area contributed by atoms with Crippen molar-refractivity contribution in [2.45, 2.75) is 26.3 Å². The fraction of sp³-hybridized carbons (Fsp3) is 0.529. The molecule has 0 saturated carbocycles. The minimum Gasteiger partial charge on any atom is -0.297 e. The van der Waals surface area contributed by atoms with Crippen molar-refractivity contribution in [3.63, 3.8) is 0 Å². The largest absolute Gasteiger partial charge is 0.297 e. The van der Waals surface area contributed by atoms with E-state index in [0.29, 0.717) is 5.54 Å². The van der Waals surface area contributed by atoms with Crippen LogP contribution < -0.4 is 0 Å². The van der Waals surface area contributed by atoms with Crippen LogP contribution in [0.3, 0.4) is 0 Å². The Hall–Kier alpha value is -1.12. The zero-order valence-electron chi connectivity index (χ0n) is 12.5. The normalized spacial score (nSPS) is 19.1. The third kappa shape index (κ3) is 4.48.